The van der Waals surface area contributed by atoms with E-state index >= 15 is 9.59 Å². The van der Waals surface area contributed by atoms with Crippen LogP contribution in [0.2, 0.25) is 0 Å². The van der Waals surface area contributed by atoms with Gasteiger partial charge in [0.15, 0.2) is 17.8 Å². The summed E-state index contributed by atoms with van der Waals surface area (Å²) in [5, 5.41) is 32.4. The Morgan fingerprint density at radius 3 is 2.44 bits per heavy atom. The van der Waals surface area contributed by atoms with Crippen LogP contribution in [0.25, 0.3) is 11.0 Å². The summed E-state index contributed by atoms with van der Waals surface area (Å²) in [5.41, 5.74) is 9.23. The first-order valence-electron chi connectivity index (χ1n) is 30.0. The third kappa shape index (κ3) is 9.60. The minimum absolute atomic E-state index is 0.0127. The van der Waals surface area contributed by atoms with E-state index in [4.69, 9.17) is 23.4 Å². The summed E-state index contributed by atoms with van der Waals surface area (Å²) in [6, 6.07) is 29.3. The van der Waals surface area contributed by atoms with Crippen molar-refractivity contribution in [1.82, 2.24) is 0 Å². The highest BCUT2D eigenvalue weighted by Gasteiger charge is 2.59. The molecule has 3 aliphatic heterocycles. The minimum atomic E-state index is -1.29. The Morgan fingerprint density at radius 2 is 1.61 bits per heavy atom. The van der Waals surface area contributed by atoms with E-state index in [0.29, 0.717) is 46.6 Å². The molecule has 7 aliphatic rings. The van der Waals surface area contributed by atoms with Gasteiger partial charge in [-0.3, -0.25) is 4.79 Å². The van der Waals surface area contributed by atoms with Crippen LogP contribution >= 0.6 is 0 Å². The topological polar surface area (TPSA) is 162 Å². The van der Waals surface area contributed by atoms with Gasteiger partial charge >= 0.3 is 17.6 Å². The largest absolute Gasteiger partial charge is 0.483 e. The molecule has 79 heavy (non-hydrogen) atoms. The van der Waals surface area contributed by atoms with Crippen LogP contribution in [0, 0.1) is 23.7 Å². The number of methoxy groups -OCH3 is 1. The number of carbonyl (C=O) groups excluding carboxylic acids is 2. The number of aliphatic hydroxyl groups is 3. The maximum absolute atomic E-state index is 15.7. The lowest BCUT2D eigenvalue weighted by Crippen LogP contribution is -2.60. The van der Waals surface area contributed by atoms with Gasteiger partial charge in [0.25, 0.3) is 0 Å². The standard InChI is InChI=1S/C68H80O11/c1-40(37-70)52-26-23-41-18-21-47-33-45(41)20-19-42-11-4-6-16-56(42)67(2)64(78-65(52)73)63(61-58(79-67)29-28-54-55(38-71)60(66(74)77-62(54)61)48(30-32-69)39-75-3)76-59(72)36-49-34-46(24-27-53(47)49)44-13-10-15-51(35-44)68-31-9-8-14-50(68)25-22-43-12-5-7-17-57(43)68/h5,7,10,12-13,15,17-18,21,28-29,33,35,42,46,48-50,53,56,63-64,69-71H,4,6,8-9,11,14,16,19-20,22-27,30-32,34,36-39H2,1-3H3. The molecule has 4 heterocycles. The lowest BCUT2D eigenvalue weighted by atomic mass is 9.54. The van der Waals surface area contributed by atoms with E-state index in [-0.39, 0.29) is 84.4 Å². The second-order valence-corrected chi connectivity index (χ2v) is 24.9. The fraction of sp³-hybridized carbons (Fsp3) is 0.544. The molecule has 3 fully saturated rings. The second kappa shape index (κ2) is 22.4. The molecule has 11 nitrogen and oxygen atoms in total. The molecule has 11 unspecified atom stereocenters. The molecule has 0 saturated heterocycles. The Hall–Kier alpha value is -5.59. The summed E-state index contributed by atoms with van der Waals surface area (Å²) >= 11 is 0. The van der Waals surface area contributed by atoms with Crippen molar-refractivity contribution >= 4 is 22.9 Å². The molecule has 4 aromatic carbocycles. The van der Waals surface area contributed by atoms with Gasteiger partial charge in [-0.1, -0.05) is 98.8 Å². The molecule has 0 radical (unpaired) electrons. The number of esters is 2. The molecule has 4 aliphatic carbocycles. The number of fused-ring (bicyclic) bond motifs is 11. The Bertz CT molecular complexity index is 3200. The van der Waals surface area contributed by atoms with Gasteiger partial charge in [0.1, 0.15) is 11.3 Å². The average Bonchev–Trinajstić information content (AvgIpc) is 3.51. The summed E-state index contributed by atoms with van der Waals surface area (Å²) in [6.07, 6.45) is 14.1. The lowest BCUT2D eigenvalue weighted by molar-refractivity contribution is -0.205. The van der Waals surface area contributed by atoms with E-state index in [1.54, 1.807) is 13.0 Å². The zero-order chi connectivity index (χ0) is 54.6. The molecule has 3 N–H and O–H groups in total. The van der Waals surface area contributed by atoms with Crippen LogP contribution in [-0.2, 0) is 55.1 Å². The monoisotopic (exact) mass is 1070 g/mol. The number of benzene rings is 4. The second-order valence-electron chi connectivity index (χ2n) is 24.9. The number of hydrogen-bond donors (Lipinski definition) is 3. The molecule has 11 atom stereocenters. The first-order valence-corrected chi connectivity index (χ1v) is 30.0. The highest BCUT2D eigenvalue weighted by Crippen LogP contribution is 2.57. The molecule has 11 heteroatoms. The minimum Gasteiger partial charge on any atom is -0.483 e. The number of ether oxygens (including phenoxy) is 4. The molecule has 1 aromatic heterocycles. The first kappa shape index (κ1) is 54.0. The van der Waals surface area contributed by atoms with Crippen molar-refractivity contribution in [3.05, 3.63) is 156 Å². The van der Waals surface area contributed by atoms with E-state index in [1.165, 1.54) is 71.7 Å². The Labute approximate surface area is 465 Å². The van der Waals surface area contributed by atoms with Gasteiger partial charge < -0.3 is 38.7 Å². The highest BCUT2D eigenvalue weighted by molar-refractivity contribution is 5.90. The summed E-state index contributed by atoms with van der Waals surface area (Å²) in [5.74, 6) is -0.470. The third-order valence-corrected chi connectivity index (χ3v) is 20.9. The number of aryl methyl sites for hydroxylation is 3. The molecule has 5 aromatic rings. The summed E-state index contributed by atoms with van der Waals surface area (Å²) in [4.78, 5) is 45.4. The maximum atomic E-state index is 15.7. The van der Waals surface area contributed by atoms with Crippen molar-refractivity contribution in [3.63, 3.8) is 0 Å². The van der Waals surface area contributed by atoms with Crippen molar-refractivity contribution in [2.45, 2.75) is 183 Å². The summed E-state index contributed by atoms with van der Waals surface area (Å²) in [7, 11) is 1.52. The number of carbonyl (C=O) groups is 2. The van der Waals surface area contributed by atoms with E-state index in [0.717, 1.165) is 70.6 Å². The molecular weight excluding hydrogens is 993 g/mol. The predicted octanol–water partition coefficient (Wildman–Crippen LogP) is 12.2. The van der Waals surface area contributed by atoms with Crippen LogP contribution in [0.15, 0.2) is 99.2 Å². The first-order chi connectivity index (χ1) is 38.5. The van der Waals surface area contributed by atoms with E-state index in [1.807, 2.05) is 13.0 Å². The fourth-order valence-electron chi connectivity index (χ4n) is 17.1. The van der Waals surface area contributed by atoms with Crippen molar-refractivity contribution in [2.75, 3.05) is 26.9 Å². The van der Waals surface area contributed by atoms with Crippen LogP contribution in [0.1, 0.15) is 196 Å². The number of hydrogen-bond acceptors (Lipinski definition) is 11. The van der Waals surface area contributed by atoms with Gasteiger partial charge in [-0.25, -0.2) is 9.59 Å². The van der Waals surface area contributed by atoms with Gasteiger partial charge in [0.2, 0.25) is 0 Å². The molecular formula is C68H80O11. The van der Waals surface area contributed by atoms with Crippen molar-refractivity contribution in [1.29, 1.82) is 0 Å². The van der Waals surface area contributed by atoms with Crippen LogP contribution in [0.3, 0.4) is 0 Å². The predicted molar refractivity (Wildman–Crippen MR) is 302 cm³/mol. The molecule has 0 spiro atoms. The van der Waals surface area contributed by atoms with Crippen LogP contribution in [0.5, 0.6) is 5.75 Å². The summed E-state index contributed by atoms with van der Waals surface area (Å²) in [6.45, 7) is 2.79. The zero-order valence-electron chi connectivity index (χ0n) is 46.6. The molecule has 3 saturated carbocycles. The third-order valence-electron chi connectivity index (χ3n) is 20.9. The molecule has 12 rings (SSSR count). The zero-order valence-corrected chi connectivity index (χ0v) is 46.6. The normalized spacial score (nSPS) is 30.7. The number of rotatable bonds is 9. The van der Waals surface area contributed by atoms with Gasteiger partial charge in [-0.15, -0.1) is 0 Å². The highest BCUT2D eigenvalue weighted by atomic mass is 16.6. The lowest BCUT2D eigenvalue weighted by Gasteiger charge is -2.52. The van der Waals surface area contributed by atoms with Crippen molar-refractivity contribution in [3.8, 4) is 5.75 Å². The molecule has 418 valence electrons. The SMILES string of the molecule is COCC(CCO)c1c(CO)c2ccc3c(c2oc1=O)C1OC(=O)CC2CC(c4cccc(C56CCCCC5CCc5ccccc56)c4)CCC2c2ccc4c(c2)CCC2CCCCC2C(C)(O3)C1OC(=O)C(=C(C)CO)CC4. The Morgan fingerprint density at radius 1 is 0.772 bits per heavy atom. The summed E-state index contributed by atoms with van der Waals surface area (Å²) < 4.78 is 33.3. The van der Waals surface area contributed by atoms with Crippen molar-refractivity contribution < 1.29 is 48.3 Å². The van der Waals surface area contributed by atoms with E-state index in [2.05, 4.69) is 66.7 Å². The van der Waals surface area contributed by atoms with Crippen LogP contribution in [0.4, 0.5) is 0 Å². The molecule has 5 bridgehead atoms. The fourth-order valence-corrected chi connectivity index (χ4v) is 17.1. The molecule has 0 amide bonds. The quantitative estimate of drug-likeness (QED) is 0.0732. The van der Waals surface area contributed by atoms with Gasteiger partial charge in [0.05, 0.1) is 25.4 Å². The smallest absolute Gasteiger partial charge is 0.340 e. The van der Waals surface area contributed by atoms with Crippen molar-refractivity contribution in [2.24, 2.45) is 23.7 Å². The van der Waals surface area contributed by atoms with E-state index in [9.17, 15) is 20.1 Å². The maximum Gasteiger partial charge on any atom is 0.340 e. The Kier molecular flexibility index (Phi) is 15.3. The van der Waals surface area contributed by atoms with E-state index < -0.39 is 47.9 Å². The van der Waals surface area contributed by atoms with Gasteiger partial charge in [-0.05, 0) is 189 Å². The van der Waals surface area contributed by atoms with Gasteiger partial charge in [-0.2, -0.15) is 0 Å². The van der Waals surface area contributed by atoms with Crippen LogP contribution in [-0.4, -0.2) is 65.9 Å². The average molecular weight is 1070 g/mol. The van der Waals surface area contributed by atoms with Gasteiger partial charge in [0, 0.05) is 53.9 Å². The Balaban J connectivity index is 1.01. The van der Waals surface area contributed by atoms with Crippen LogP contribution < -0.4 is 10.4 Å². The number of aliphatic hydroxyl groups excluding tert-OH is 3.